The number of piperidine rings is 2. The number of benzene rings is 4. The van der Waals surface area contributed by atoms with E-state index in [-0.39, 0.29) is 62.2 Å². The van der Waals surface area contributed by atoms with Crippen LogP contribution in [0.3, 0.4) is 0 Å². The molecule has 4 aliphatic rings. The molecule has 2 aliphatic carbocycles. The van der Waals surface area contributed by atoms with Crippen molar-refractivity contribution in [2.24, 2.45) is 23.7 Å². The van der Waals surface area contributed by atoms with Crippen LogP contribution in [0.4, 0.5) is 0 Å². The Bertz CT molecular complexity index is 1800. The van der Waals surface area contributed by atoms with Crippen molar-refractivity contribution < 1.29 is 30.0 Å². The van der Waals surface area contributed by atoms with Crippen LogP contribution in [0.1, 0.15) is 104 Å². The van der Waals surface area contributed by atoms with Crippen molar-refractivity contribution in [3.05, 3.63) is 141 Å². The average Bonchev–Trinajstić information content (AvgIpc) is 3.71. The fourth-order valence-corrected chi connectivity index (χ4v) is 9.65. The third-order valence-corrected chi connectivity index (χ3v) is 12.9. The molecule has 2 saturated heterocycles. The first-order chi connectivity index (χ1) is 27.3. The molecule has 0 amide bonds. The fraction of sp³-hybridized carbons (Fsp3) is 0.458. The quantitative estimate of drug-likeness (QED) is 0.120. The number of hydrogen-bond acceptors (Lipinski definition) is 8. The zero-order valence-electron chi connectivity index (χ0n) is 33.0. The number of nitrogens with zero attached hydrogens (tertiary/aromatic N) is 2. The molecular formula is C48H59ClN2O6. The second-order valence-corrected chi connectivity index (χ2v) is 16.6. The van der Waals surface area contributed by atoms with E-state index in [1.807, 2.05) is 12.1 Å². The minimum atomic E-state index is -0.138. The summed E-state index contributed by atoms with van der Waals surface area (Å²) in [5.74, 6) is 1.76. The molecule has 0 radical (unpaired) electrons. The number of fused-ring (bicyclic) bond motifs is 2. The smallest absolute Gasteiger partial charge is 0.166 e. The topological polar surface area (TPSA) is 122 Å². The van der Waals surface area contributed by atoms with E-state index < -0.39 is 0 Å². The second-order valence-electron chi connectivity index (χ2n) is 16.6. The summed E-state index contributed by atoms with van der Waals surface area (Å²) in [5.41, 5.74) is 9.14. The van der Waals surface area contributed by atoms with Crippen LogP contribution in [0.25, 0.3) is 0 Å². The third kappa shape index (κ3) is 10.5. The highest BCUT2D eigenvalue weighted by atomic mass is 35.5. The van der Waals surface area contributed by atoms with Crippen molar-refractivity contribution in [3.63, 3.8) is 0 Å². The first kappa shape index (κ1) is 42.9. The van der Waals surface area contributed by atoms with Gasteiger partial charge in [-0.05, 0) is 146 Å². The Morgan fingerprint density at radius 2 is 0.825 bits per heavy atom. The van der Waals surface area contributed by atoms with Gasteiger partial charge in [-0.25, -0.2) is 0 Å². The zero-order valence-corrected chi connectivity index (χ0v) is 33.8. The molecule has 0 saturated carbocycles. The van der Waals surface area contributed by atoms with Crippen molar-refractivity contribution in [2.75, 3.05) is 26.2 Å². The van der Waals surface area contributed by atoms with Crippen LogP contribution in [0.2, 0.25) is 0 Å². The van der Waals surface area contributed by atoms with Gasteiger partial charge in [0.2, 0.25) is 0 Å². The van der Waals surface area contributed by atoms with Gasteiger partial charge in [0, 0.05) is 36.1 Å². The Hall–Kier alpha value is -3.73. The van der Waals surface area contributed by atoms with E-state index in [2.05, 4.69) is 70.5 Å². The average molecular weight is 795 g/mol. The molecule has 2 atom stereocenters. The highest BCUT2D eigenvalue weighted by molar-refractivity contribution is 6.03. The summed E-state index contributed by atoms with van der Waals surface area (Å²) < 4.78 is 0. The molecular weight excluding hydrogens is 736 g/mol. The van der Waals surface area contributed by atoms with Gasteiger partial charge < -0.3 is 20.4 Å². The van der Waals surface area contributed by atoms with Crippen molar-refractivity contribution >= 4 is 24.0 Å². The van der Waals surface area contributed by atoms with Crippen LogP contribution in [-0.4, -0.2) is 68.0 Å². The van der Waals surface area contributed by atoms with E-state index in [0.717, 1.165) is 124 Å². The van der Waals surface area contributed by atoms with Crippen LogP contribution in [-0.2, 0) is 52.4 Å². The van der Waals surface area contributed by atoms with Crippen molar-refractivity contribution in [3.8, 4) is 0 Å². The lowest BCUT2D eigenvalue weighted by Gasteiger charge is -2.33. The lowest BCUT2D eigenvalue weighted by atomic mass is 9.85. The van der Waals surface area contributed by atoms with Crippen LogP contribution >= 0.6 is 12.4 Å². The van der Waals surface area contributed by atoms with E-state index in [0.29, 0.717) is 23.0 Å². The van der Waals surface area contributed by atoms with Gasteiger partial charge in [0.1, 0.15) is 0 Å². The maximum absolute atomic E-state index is 12.9. The highest BCUT2D eigenvalue weighted by Crippen LogP contribution is 2.37. The molecule has 4 aromatic carbocycles. The van der Waals surface area contributed by atoms with Crippen molar-refractivity contribution in [2.45, 2.75) is 90.9 Å². The molecule has 2 aliphatic heterocycles. The molecule has 9 heteroatoms. The number of carbonyl (C=O) groups excluding carboxylic acids is 2. The number of halogens is 1. The van der Waals surface area contributed by atoms with Crippen LogP contribution in [0.5, 0.6) is 0 Å². The number of aliphatic hydroxyl groups is 4. The number of aliphatic hydroxyl groups excluding tert-OH is 4. The Kier molecular flexibility index (Phi) is 15.3. The molecule has 4 N–H and O–H groups in total. The second kappa shape index (κ2) is 20.3. The summed E-state index contributed by atoms with van der Waals surface area (Å²) in [6, 6.07) is 28.6. The van der Waals surface area contributed by atoms with Gasteiger partial charge in [0.05, 0.1) is 26.4 Å². The molecule has 304 valence electrons. The molecule has 2 heterocycles. The molecule has 8 rings (SSSR count). The summed E-state index contributed by atoms with van der Waals surface area (Å²) in [5, 5.41) is 38.0. The molecule has 4 aromatic rings. The summed E-state index contributed by atoms with van der Waals surface area (Å²) in [4.78, 5) is 30.8. The molecule has 0 bridgehead atoms. The number of ketones is 2. The summed E-state index contributed by atoms with van der Waals surface area (Å²) in [6.45, 7) is 5.93. The number of carbonyl (C=O) groups is 2. The normalized spacial score (nSPS) is 20.1. The van der Waals surface area contributed by atoms with Gasteiger partial charge in [0.25, 0.3) is 0 Å². The lowest BCUT2D eigenvalue weighted by Crippen LogP contribution is -2.34. The zero-order chi connectivity index (χ0) is 39.0. The molecule has 8 nitrogen and oxygen atoms in total. The maximum atomic E-state index is 12.9. The summed E-state index contributed by atoms with van der Waals surface area (Å²) in [6.07, 6.45) is 8.06. The maximum Gasteiger partial charge on any atom is 0.166 e. The fourth-order valence-electron chi connectivity index (χ4n) is 9.65. The largest absolute Gasteiger partial charge is 0.392 e. The van der Waals surface area contributed by atoms with E-state index >= 15 is 0 Å². The Balaban J connectivity index is 0.000000189. The minimum Gasteiger partial charge on any atom is -0.392 e. The molecule has 57 heavy (non-hydrogen) atoms. The standard InChI is InChI=1S/2C24H29NO3.ClH/c2*26-15-21-12-19-11-20(24(28)23(19)13-22(21)16-27)10-17-6-8-25(9-7-17)14-18-4-2-1-3-5-18;/h2*1-5,12-13,17,20,26-27H,6-11,14-16H2;1H. The van der Waals surface area contributed by atoms with Crippen LogP contribution < -0.4 is 0 Å². The van der Waals surface area contributed by atoms with Gasteiger partial charge in [-0.1, -0.05) is 72.8 Å². The molecule has 0 spiro atoms. The molecule has 0 aromatic heterocycles. The van der Waals surface area contributed by atoms with Crippen molar-refractivity contribution in [1.82, 2.24) is 9.80 Å². The SMILES string of the molecule is Cl.O=C1c2cc(CO)c(CO)cc2CC1CC1CCN(Cc2ccccc2)CC1.O=C1c2cc(CO)c(CO)cc2CC1CC1CCN(Cc2ccccc2)CC1. The number of likely N-dealkylation sites (tertiary alicyclic amines) is 2. The van der Waals surface area contributed by atoms with E-state index in [1.165, 1.54) is 11.1 Å². The number of hydrogen-bond donors (Lipinski definition) is 4. The first-order valence-corrected chi connectivity index (χ1v) is 20.7. The van der Waals surface area contributed by atoms with Gasteiger partial charge in [0.15, 0.2) is 11.6 Å². The first-order valence-electron chi connectivity index (χ1n) is 20.7. The van der Waals surface area contributed by atoms with E-state index in [9.17, 15) is 30.0 Å². The van der Waals surface area contributed by atoms with E-state index in [1.54, 1.807) is 12.1 Å². The Labute approximate surface area is 344 Å². The summed E-state index contributed by atoms with van der Waals surface area (Å²) >= 11 is 0. The van der Waals surface area contributed by atoms with Gasteiger partial charge in [-0.2, -0.15) is 0 Å². The van der Waals surface area contributed by atoms with Gasteiger partial charge >= 0.3 is 0 Å². The molecule has 2 fully saturated rings. The minimum absolute atomic E-state index is 0. The van der Waals surface area contributed by atoms with Crippen molar-refractivity contribution in [1.29, 1.82) is 0 Å². The number of Topliss-reactive ketones (excluding diaryl/α,β-unsaturated/α-hetero) is 2. The van der Waals surface area contributed by atoms with Gasteiger partial charge in [-0.3, -0.25) is 19.4 Å². The third-order valence-electron chi connectivity index (χ3n) is 12.9. The lowest BCUT2D eigenvalue weighted by molar-refractivity contribution is 0.0889. The predicted octanol–water partition coefficient (Wildman–Crippen LogP) is 7.08. The monoisotopic (exact) mass is 794 g/mol. The molecule has 2 unspecified atom stereocenters. The number of rotatable bonds is 12. The van der Waals surface area contributed by atoms with Crippen LogP contribution in [0.15, 0.2) is 84.9 Å². The summed E-state index contributed by atoms with van der Waals surface area (Å²) in [7, 11) is 0. The van der Waals surface area contributed by atoms with Gasteiger partial charge in [-0.15, -0.1) is 12.4 Å². The Morgan fingerprint density at radius 1 is 0.491 bits per heavy atom. The van der Waals surface area contributed by atoms with Crippen LogP contribution in [0, 0.1) is 23.7 Å². The Morgan fingerprint density at radius 3 is 1.16 bits per heavy atom. The van der Waals surface area contributed by atoms with E-state index in [4.69, 9.17) is 0 Å². The predicted molar refractivity (Wildman–Crippen MR) is 225 cm³/mol. The highest BCUT2D eigenvalue weighted by Gasteiger charge is 2.35.